The molecule has 5 nitrogen and oxygen atoms in total. The summed E-state index contributed by atoms with van der Waals surface area (Å²) in [6, 6.07) is -0.243. The van der Waals surface area contributed by atoms with Crippen molar-refractivity contribution in [3.8, 4) is 0 Å². The Morgan fingerprint density at radius 1 is 1.41 bits per heavy atom. The third-order valence-corrected chi connectivity index (χ3v) is 3.00. The van der Waals surface area contributed by atoms with E-state index in [1.165, 1.54) is 0 Å². The van der Waals surface area contributed by atoms with Gasteiger partial charge >= 0.3 is 5.97 Å². The summed E-state index contributed by atoms with van der Waals surface area (Å²) >= 11 is 0. The Morgan fingerprint density at radius 3 is 2.59 bits per heavy atom. The summed E-state index contributed by atoms with van der Waals surface area (Å²) in [5, 5.41) is 11.6. The minimum Gasteiger partial charge on any atom is -0.481 e. The number of ether oxygens (including phenoxy) is 1. The molecule has 1 heterocycles. The van der Waals surface area contributed by atoms with Crippen molar-refractivity contribution in [2.75, 3.05) is 13.2 Å². The maximum absolute atomic E-state index is 11.9. The van der Waals surface area contributed by atoms with Gasteiger partial charge in [-0.05, 0) is 19.3 Å². The Labute approximate surface area is 102 Å². The van der Waals surface area contributed by atoms with E-state index >= 15 is 0 Å². The van der Waals surface area contributed by atoms with Gasteiger partial charge in [0, 0.05) is 25.2 Å². The van der Waals surface area contributed by atoms with E-state index in [2.05, 4.69) is 5.32 Å². The fourth-order valence-electron chi connectivity index (χ4n) is 2.06. The van der Waals surface area contributed by atoms with Gasteiger partial charge in [-0.2, -0.15) is 0 Å². The molecule has 1 amide bonds. The van der Waals surface area contributed by atoms with Gasteiger partial charge in [0.15, 0.2) is 0 Å². The number of carbonyl (C=O) groups is 2. The van der Waals surface area contributed by atoms with Crippen LogP contribution in [0.15, 0.2) is 0 Å². The monoisotopic (exact) mass is 243 g/mol. The van der Waals surface area contributed by atoms with Crippen LogP contribution in [0.5, 0.6) is 0 Å². The first-order valence-corrected chi connectivity index (χ1v) is 6.23. The summed E-state index contributed by atoms with van der Waals surface area (Å²) in [7, 11) is 0. The van der Waals surface area contributed by atoms with Gasteiger partial charge in [-0.3, -0.25) is 9.59 Å². The molecule has 0 bridgehead atoms. The normalized spacial score (nSPS) is 18.6. The molecule has 0 radical (unpaired) electrons. The van der Waals surface area contributed by atoms with Crippen LogP contribution in [-0.2, 0) is 14.3 Å². The molecule has 1 rings (SSSR count). The van der Waals surface area contributed by atoms with Crippen LogP contribution in [0, 0.1) is 5.92 Å². The van der Waals surface area contributed by atoms with Gasteiger partial charge in [0.2, 0.25) is 5.91 Å². The first-order chi connectivity index (χ1) is 8.13. The van der Waals surface area contributed by atoms with Gasteiger partial charge in [0.25, 0.3) is 0 Å². The van der Waals surface area contributed by atoms with Crippen LogP contribution in [-0.4, -0.2) is 36.2 Å². The van der Waals surface area contributed by atoms with Crippen molar-refractivity contribution < 1.29 is 19.4 Å². The molecule has 1 unspecified atom stereocenters. The molecule has 0 aromatic heterocycles. The number of carboxylic acids is 1. The number of hydrogen-bond donors (Lipinski definition) is 2. The van der Waals surface area contributed by atoms with Gasteiger partial charge in [-0.15, -0.1) is 0 Å². The van der Waals surface area contributed by atoms with Crippen LogP contribution in [0.3, 0.4) is 0 Å². The highest BCUT2D eigenvalue weighted by Crippen LogP contribution is 2.15. The number of aliphatic carboxylic acids is 1. The van der Waals surface area contributed by atoms with Gasteiger partial charge in [-0.25, -0.2) is 0 Å². The minimum atomic E-state index is -0.865. The molecule has 1 aliphatic heterocycles. The zero-order chi connectivity index (χ0) is 12.7. The van der Waals surface area contributed by atoms with E-state index in [-0.39, 0.29) is 24.3 Å². The molecule has 0 spiro atoms. The van der Waals surface area contributed by atoms with Crippen molar-refractivity contribution in [3.63, 3.8) is 0 Å². The maximum atomic E-state index is 11.9. The molecule has 5 heteroatoms. The predicted octanol–water partition coefficient (Wildman–Crippen LogP) is 1.17. The number of carboxylic acid groups (broad SMARTS) is 1. The van der Waals surface area contributed by atoms with Crippen molar-refractivity contribution in [2.45, 2.75) is 45.1 Å². The second kappa shape index (κ2) is 7.27. The molecular weight excluding hydrogens is 222 g/mol. The third kappa shape index (κ3) is 5.17. The summed E-state index contributed by atoms with van der Waals surface area (Å²) in [6.45, 7) is 3.22. The molecular formula is C12H21NO4. The van der Waals surface area contributed by atoms with E-state index in [4.69, 9.17) is 9.84 Å². The minimum absolute atomic E-state index is 0.00278. The summed E-state index contributed by atoms with van der Waals surface area (Å²) in [5.74, 6) is -0.902. The highest BCUT2D eigenvalue weighted by Gasteiger charge is 2.24. The van der Waals surface area contributed by atoms with Gasteiger partial charge in [0.05, 0.1) is 6.42 Å². The molecule has 0 aromatic carbocycles. The second-order valence-corrected chi connectivity index (χ2v) is 4.48. The van der Waals surface area contributed by atoms with E-state index in [0.29, 0.717) is 19.6 Å². The largest absolute Gasteiger partial charge is 0.481 e. The van der Waals surface area contributed by atoms with Gasteiger partial charge in [0.1, 0.15) is 0 Å². The van der Waals surface area contributed by atoms with Crippen molar-refractivity contribution in [1.82, 2.24) is 5.32 Å². The summed E-state index contributed by atoms with van der Waals surface area (Å²) in [4.78, 5) is 22.6. The van der Waals surface area contributed by atoms with Crippen molar-refractivity contribution >= 4 is 11.9 Å². The van der Waals surface area contributed by atoms with Crippen molar-refractivity contribution in [2.24, 2.45) is 5.92 Å². The zero-order valence-electron chi connectivity index (χ0n) is 10.3. The molecule has 0 saturated carbocycles. The van der Waals surface area contributed by atoms with Crippen LogP contribution < -0.4 is 5.32 Å². The lowest BCUT2D eigenvalue weighted by atomic mass is 9.98. The van der Waals surface area contributed by atoms with Gasteiger partial charge in [-0.1, -0.05) is 13.3 Å². The van der Waals surface area contributed by atoms with E-state index in [1.807, 2.05) is 6.92 Å². The highest BCUT2D eigenvalue weighted by atomic mass is 16.5. The van der Waals surface area contributed by atoms with E-state index < -0.39 is 5.97 Å². The fraction of sp³-hybridized carbons (Fsp3) is 0.833. The Kier molecular flexibility index (Phi) is 5.97. The molecule has 1 aliphatic rings. The quantitative estimate of drug-likeness (QED) is 0.734. The molecule has 98 valence electrons. The Hall–Kier alpha value is -1.10. The average molecular weight is 243 g/mol. The Morgan fingerprint density at radius 2 is 2.06 bits per heavy atom. The smallest absolute Gasteiger partial charge is 0.305 e. The molecule has 0 aromatic rings. The topological polar surface area (TPSA) is 75.6 Å². The summed E-state index contributed by atoms with van der Waals surface area (Å²) in [6.07, 6.45) is 3.05. The lowest BCUT2D eigenvalue weighted by molar-refractivity contribution is -0.138. The van der Waals surface area contributed by atoms with Crippen LogP contribution in [0.1, 0.15) is 39.0 Å². The molecule has 0 aliphatic carbocycles. The number of amides is 1. The zero-order valence-corrected chi connectivity index (χ0v) is 10.3. The second-order valence-electron chi connectivity index (χ2n) is 4.48. The third-order valence-electron chi connectivity index (χ3n) is 3.00. The number of hydrogen-bond acceptors (Lipinski definition) is 3. The van der Waals surface area contributed by atoms with Crippen LogP contribution in [0.4, 0.5) is 0 Å². The van der Waals surface area contributed by atoms with E-state index in [1.54, 1.807) is 0 Å². The standard InChI is InChI=1S/C12H21NO4/c1-2-3-10(8-11(14)15)13-12(16)9-4-6-17-7-5-9/h9-10H,2-8H2,1H3,(H,13,16)(H,14,15). The molecule has 1 fully saturated rings. The first-order valence-electron chi connectivity index (χ1n) is 6.23. The maximum Gasteiger partial charge on any atom is 0.305 e. The predicted molar refractivity (Wildman–Crippen MR) is 62.6 cm³/mol. The van der Waals surface area contributed by atoms with E-state index in [9.17, 15) is 9.59 Å². The van der Waals surface area contributed by atoms with Crippen LogP contribution >= 0.6 is 0 Å². The lowest BCUT2D eigenvalue weighted by Crippen LogP contribution is -2.41. The Bertz CT molecular complexity index is 261. The van der Waals surface area contributed by atoms with Gasteiger partial charge < -0.3 is 15.2 Å². The summed E-state index contributed by atoms with van der Waals surface area (Å²) < 4.78 is 5.19. The number of rotatable bonds is 6. The van der Waals surface area contributed by atoms with Crippen LogP contribution in [0.25, 0.3) is 0 Å². The fourth-order valence-corrected chi connectivity index (χ4v) is 2.06. The SMILES string of the molecule is CCCC(CC(=O)O)NC(=O)C1CCOCC1. The summed E-state index contributed by atoms with van der Waals surface area (Å²) in [5.41, 5.74) is 0. The molecule has 2 N–H and O–H groups in total. The molecule has 1 saturated heterocycles. The van der Waals surface area contributed by atoms with Crippen molar-refractivity contribution in [1.29, 1.82) is 0 Å². The Balaban J connectivity index is 2.41. The first kappa shape index (κ1) is 14.0. The van der Waals surface area contributed by atoms with Crippen LogP contribution in [0.2, 0.25) is 0 Å². The number of nitrogens with one attached hydrogen (secondary N) is 1. The highest BCUT2D eigenvalue weighted by molar-refractivity contribution is 5.79. The lowest BCUT2D eigenvalue weighted by Gasteiger charge is -2.24. The van der Waals surface area contributed by atoms with E-state index in [0.717, 1.165) is 19.3 Å². The number of carbonyl (C=O) groups excluding carboxylic acids is 1. The average Bonchev–Trinajstić information content (AvgIpc) is 2.29. The molecule has 17 heavy (non-hydrogen) atoms. The van der Waals surface area contributed by atoms with Crippen molar-refractivity contribution in [3.05, 3.63) is 0 Å². The molecule has 1 atom stereocenters.